The second-order valence-corrected chi connectivity index (χ2v) is 5.40. The summed E-state index contributed by atoms with van der Waals surface area (Å²) in [6, 6.07) is 0. The topological polar surface area (TPSA) is 52.5 Å². The Bertz CT molecular complexity index is 202. The van der Waals surface area contributed by atoms with Crippen LogP contribution in [0.1, 0.15) is 44.9 Å². The molecule has 0 spiro atoms. The summed E-state index contributed by atoms with van der Waals surface area (Å²) in [5.74, 6) is 0.616. The minimum atomic E-state index is -0.433. The van der Waals surface area contributed by atoms with Gasteiger partial charge in [-0.25, -0.2) is 0 Å². The Morgan fingerprint density at radius 2 is 1.93 bits per heavy atom. The minimum absolute atomic E-state index is 0.0774. The van der Waals surface area contributed by atoms with Crippen LogP contribution < -0.4 is 5.32 Å². The van der Waals surface area contributed by atoms with Crippen molar-refractivity contribution in [2.75, 3.05) is 13.1 Å². The summed E-state index contributed by atoms with van der Waals surface area (Å²) < 4.78 is 0. The maximum Gasteiger partial charge on any atom is 0.0771 e. The Morgan fingerprint density at radius 3 is 2.53 bits per heavy atom. The Balaban J connectivity index is 1.62. The van der Waals surface area contributed by atoms with Crippen LogP contribution in [0.4, 0.5) is 0 Å². The Morgan fingerprint density at radius 1 is 1.20 bits per heavy atom. The summed E-state index contributed by atoms with van der Waals surface area (Å²) >= 11 is 0. The third-order valence-corrected chi connectivity index (χ3v) is 3.93. The first-order chi connectivity index (χ1) is 7.18. The molecule has 0 aliphatic heterocycles. The quantitative estimate of drug-likeness (QED) is 0.654. The summed E-state index contributed by atoms with van der Waals surface area (Å²) in [5.41, 5.74) is -0.433. The molecule has 0 aromatic rings. The molecule has 2 rings (SSSR count). The molecule has 0 saturated heterocycles. The molecule has 3 heteroatoms. The van der Waals surface area contributed by atoms with Crippen molar-refractivity contribution in [1.82, 2.24) is 5.32 Å². The molecule has 0 radical (unpaired) electrons. The first kappa shape index (κ1) is 11.4. The number of aliphatic hydroxyl groups excluding tert-OH is 1. The van der Waals surface area contributed by atoms with Gasteiger partial charge in [-0.05, 0) is 44.6 Å². The summed E-state index contributed by atoms with van der Waals surface area (Å²) in [6.45, 7) is 1.69. The summed E-state index contributed by atoms with van der Waals surface area (Å²) in [5, 5.41) is 22.9. The van der Waals surface area contributed by atoms with Crippen molar-refractivity contribution in [1.29, 1.82) is 0 Å². The summed E-state index contributed by atoms with van der Waals surface area (Å²) in [7, 11) is 0. The van der Waals surface area contributed by atoms with E-state index in [1.54, 1.807) is 0 Å². The first-order valence-electron chi connectivity index (χ1n) is 6.29. The van der Waals surface area contributed by atoms with E-state index in [0.29, 0.717) is 5.92 Å². The molecule has 3 nitrogen and oxygen atoms in total. The SMILES string of the molecule is OC1CCC(CNCC2(O)CCCC2)C1. The van der Waals surface area contributed by atoms with Crippen molar-refractivity contribution in [3.8, 4) is 0 Å². The molecule has 15 heavy (non-hydrogen) atoms. The largest absolute Gasteiger partial charge is 0.393 e. The highest BCUT2D eigenvalue weighted by atomic mass is 16.3. The van der Waals surface area contributed by atoms with Gasteiger partial charge in [-0.3, -0.25) is 0 Å². The molecule has 2 unspecified atom stereocenters. The zero-order valence-electron chi connectivity index (χ0n) is 9.41. The fourth-order valence-corrected chi connectivity index (χ4v) is 2.95. The van der Waals surface area contributed by atoms with Crippen LogP contribution >= 0.6 is 0 Å². The Labute approximate surface area is 91.9 Å². The average Bonchev–Trinajstić information content (AvgIpc) is 2.76. The van der Waals surface area contributed by atoms with Gasteiger partial charge in [-0.15, -0.1) is 0 Å². The van der Waals surface area contributed by atoms with E-state index in [-0.39, 0.29) is 6.10 Å². The van der Waals surface area contributed by atoms with Crippen LogP contribution in [0.3, 0.4) is 0 Å². The van der Waals surface area contributed by atoms with Crippen LogP contribution in [0.25, 0.3) is 0 Å². The van der Waals surface area contributed by atoms with E-state index >= 15 is 0 Å². The van der Waals surface area contributed by atoms with Gasteiger partial charge < -0.3 is 15.5 Å². The van der Waals surface area contributed by atoms with Gasteiger partial charge in [0.15, 0.2) is 0 Å². The van der Waals surface area contributed by atoms with Gasteiger partial charge in [0.25, 0.3) is 0 Å². The second-order valence-electron chi connectivity index (χ2n) is 5.40. The van der Waals surface area contributed by atoms with E-state index < -0.39 is 5.60 Å². The minimum Gasteiger partial charge on any atom is -0.393 e. The highest BCUT2D eigenvalue weighted by Crippen LogP contribution is 2.29. The third-order valence-electron chi connectivity index (χ3n) is 3.93. The molecule has 2 aliphatic rings. The highest BCUT2D eigenvalue weighted by molar-refractivity contribution is 4.87. The molecule has 0 aromatic carbocycles. The second kappa shape index (κ2) is 4.81. The lowest BCUT2D eigenvalue weighted by atomic mass is 10.0. The predicted molar refractivity (Wildman–Crippen MR) is 59.6 cm³/mol. The van der Waals surface area contributed by atoms with Crippen LogP contribution in [0, 0.1) is 5.92 Å². The number of nitrogens with one attached hydrogen (secondary N) is 1. The van der Waals surface area contributed by atoms with E-state index in [9.17, 15) is 10.2 Å². The van der Waals surface area contributed by atoms with E-state index in [1.165, 1.54) is 12.8 Å². The number of rotatable bonds is 4. The summed E-state index contributed by atoms with van der Waals surface area (Å²) in [6.07, 6.45) is 7.18. The van der Waals surface area contributed by atoms with Crippen LogP contribution in [-0.4, -0.2) is 35.0 Å². The average molecular weight is 213 g/mol. The molecule has 0 heterocycles. The standard InChI is InChI=1S/C12H23NO2/c14-11-4-3-10(7-11)8-13-9-12(15)5-1-2-6-12/h10-11,13-15H,1-9H2. The molecule has 2 fully saturated rings. The molecule has 0 amide bonds. The fraction of sp³-hybridized carbons (Fsp3) is 1.00. The lowest BCUT2D eigenvalue weighted by molar-refractivity contribution is 0.0468. The number of hydrogen-bond acceptors (Lipinski definition) is 3. The predicted octanol–water partition coefficient (Wildman–Crippen LogP) is 1.04. The van der Waals surface area contributed by atoms with Crippen molar-refractivity contribution in [3.63, 3.8) is 0 Å². The third kappa shape index (κ3) is 3.16. The van der Waals surface area contributed by atoms with Crippen molar-refractivity contribution >= 4 is 0 Å². The molecule has 2 aliphatic carbocycles. The normalized spacial score (nSPS) is 34.8. The number of hydrogen-bond donors (Lipinski definition) is 3. The zero-order valence-corrected chi connectivity index (χ0v) is 9.41. The maximum atomic E-state index is 10.1. The molecule has 3 N–H and O–H groups in total. The van der Waals surface area contributed by atoms with Crippen LogP contribution in [0.2, 0.25) is 0 Å². The molecule has 0 aromatic heterocycles. The maximum absolute atomic E-state index is 10.1. The van der Waals surface area contributed by atoms with E-state index in [1.807, 2.05) is 0 Å². The van der Waals surface area contributed by atoms with Gasteiger partial charge in [-0.2, -0.15) is 0 Å². The number of aliphatic hydroxyl groups is 2. The molecule has 0 bridgehead atoms. The molecular formula is C12H23NO2. The van der Waals surface area contributed by atoms with Gasteiger partial charge >= 0.3 is 0 Å². The van der Waals surface area contributed by atoms with Crippen molar-refractivity contribution in [2.45, 2.75) is 56.7 Å². The van der Waals surface area contributed by atoms with Crippen LogP contribution in [-0.2, 0) is 0 Å². The van der Waals surface area contributed by atoms with Crippen LogP contribution in [0.15, 0.2) is 0 Å². The van der Waals surface area contributed by atoms with Gasteiger partial charge in [-0.1, -0.05) is 12.8 Å². The van der Waals surface area contributed by atoms with Gasteiger partial charge in [0.05, 0.1) is 11.7 Å². The molecule has 2 saturated carbocycles. The Hall–Kier alpha value is -0.120. The molecule has 2 atom stereocenters. The van der Waals surface area contributed by atoms with Gasteiger partial charge in [0.1, 0.15) is 0 Å². The first-order valence-corrected chi connectivity index (χ1v) is 6.29. The van der Waals surface area contributed by atoms with E-state index in [4.69, 9.17) is 0 Å². The van der Waals surface area contributed by atoms with Gasteiger partial charge in [0.2, 0.25) is 0 Å². The monoisotopic (exact) mass is 213 g/mol. The van der Waals surface area contributed by atoms with E-state index in [0.717, 1.165) is 45.2 Å². The van der Waals surface area contributed by atoms with Crippen molar-refractivity contribution in [3.05, 3.63) is 0 Å². The Kier molecular flexibility index (Phi) is 3.65. The van der Waals surface area contributed by atoms with Gasteiger partial charge in [0, 0.05) is 6.54 Å². The van der Waals surface area contributed by atoms with E-state index in [2.05, 4.69) is 5.32 Å². The lowest BCUT2D eigenvalue weighted by Crippen LogP contribution is -2.39. The zero-order chi connectivity index (χ0) is 10.7. The van der Waals surface area contributed by atoms with Crippen LogP contribution in [0.5, 0.6) is 0 Å². The van der Waals surface area contributed by atoms with Crippen molar-refractivity contribution < 1.29 is 10.2 Å². The fourth-order valence-electron chi connectivity index (χ4n) is 2.95. The smallest absolute Gasteiger partial charge is 0.0771 e. The molecular weight excluding hydrogens is 190 g/mol. The highest BCUT2D eigenvalue weighted by Gasteiger charge is 2.31. The lowest BCUT2D eigenvalue weighted by Gasteiger charge is -2.23. The van der Waals surface area contributed by atoms with Crippen molar-refractivity contribution in [2.24, 2.45) is 5.92 Å². The summed E-state index contributed by atoms with van der Waals surface area (Å²) in [4.78, 5) is 0. The molecule has 88 valence electrons.